The molecule has 0 N–H and O–H groups in total. The Morgan fingerprint density at radius 3 is 2.53 bits per heavy atom. The van der Waals surface area contributed by atoms with Crippen LogP contribution in [0.25, 0.3) is 12.2 Å². The number of pyridine rings is 1. The number of allylic oxidation sites excluding steroid dienone is 1. The van der Waals surface area contributed by atoms with Crippen LogP contribution in [-0.4, -0.2) is 4.98 Å². The van der Waals surface area contributed by atoms with Crippen molar-refractivity contribution in [3.8, 4) is 0 Å². The lowest BCUT2D eigenvalue weighted by Gasteiger charge is -2.05. The third-order valence-electron chi connectivity index (χ3n) is 2.02. The Morgan fingerprint density at radius 2 is 2.07 bits per heavy atom. The molecule has 1 aromatic rings. The number of aryl methyl sites for hydroxylation is 1. The van der Waals surface area contributed by atoms with E-state index in [0.29, 0.717) is 0 Å². The van der Waals surface area contributed by atoms with Gasteiger partial charge in [-0.05, 0) is 31.1 Å². The third kappa shape index (κ3) is 3.70. The number of hydrogen-bond donors (Lipinski definition) is 0. The Bertz CT molecular complexity index is 324. The number of aromatic nitrogens is 1. The molecule has 0 aromatic carbocycles. The number of hydrogen-bond acceptors (Lipinski definition) is 1. The summed E-state index contributed by atoms with van der Waals surface area (Å²) in [4.78, 5) is 4.26. The minimum atomic E-state index is 0.970. The zero-order valence-corrected chi connectivity index (χ0v) is 10.2. The molecule has 0 fully saturated rings. The zero-order chi connectivity index (χ0) is 11.7. The van der Waals surface area contributed by atoms with E-state index in [9.17, 15) is 0 Å². The SMILES string of the molecule is C=Cc1nccc(CC)c1/C=C\C.CC. The predicted octanol–water partition coefficient (Wildman–Crippen LogP) is 4.35. The monoisotopic (exact) mass is 203 g/mol. The molecular formula is C14H21N. The highest BCUT2D eigenvalue weighted by atomic mass is 14.7. The van der Waals surface area contributed by atoms with Crippen LogP contribution in [0.15, 0.2) is 24.9 Å². The van der Waals surface area contributed by atoms with Gasteiger partial charge in [-0.2, -0.15) is 0 Å². The Labute approximate surface area is 93.6 Å². The lowest BCUT2D eigenvalue weighted by atomic mass is 10.0. The van der Waals surface area contributed by atoms with Crippen LogP contribution in [0.1, 0.15) is 44.5 Å². The molecule has 0 aliphatic rings. The summed E-state index contributed by atoms with van der Waals surface area (Å²) >= 11 is 0. The van der Waals surface area contributed by atoms with E-state index in [1.165, 1.54) is 11.1 Å². The Morgan fingerprint density at radius 1 is 1.40 bits per heavy atom. The van der Waals surface area contributed by atoms with Gasteiger partial charge >= 0.3 is 0 Å². The summed E-state index contributed by atoms with van der Waals surface area (Å²) < 4.78 is 0. The second kappa shape index (κ2) is 7.98. The van der Waals surface area contributed by atoms with Gasteiger partial charge in [0.1, 0.15) is 0 Å². The summed E-state index contributed by atoms with van der Waals surface area (Å²) in [6, 6.07) is 2.06. The van der Waals surface area contributed by atoms with E-state index >= 15 is 0 Å². The summed E-state index contributed by atoms with van der Waals surface area (Å²) in [5.74, 6) is 0. The predicted molar refractivity (Wildman–Crippen MR) is 69.8 cm³/mol. The smallest absolute Gasteiger partial charge is 0.0698 e. The van der Waals surface area contributed by atoms with Crippen molar-refractivity contribution < 1.29 is 0 Å². The van der Waals surface area contributed by atoms with Crippen molar-refractivity contribution in [1.29, 1.82) is 0 Å². The van der Waals surface area contributed by atoms with Crippen LogP contribution in [0.5, 0.6) is 0 Å². The summed E-state index contributed by atoms with van der Waals surface area (Å²) in [6.07, 6.45) is 8.78. The second-order valence-corrected chi connectivity index (χ2v) is 2.83. The molecule has 1 heterocycles. The molecule has 1 rings (SSSR count). The normalized spacial score (nSPS) is 9.60. The Balaban J connectivity index is 0.000000921. The van der Waals surface area contributed by atoms with Gasteiger partial charge in [-0.15, -0.1) is 0 Å². The average molecular weight is 203 g/mol. The van der Waals surface area contributed by atoms with Crippen LogP contribution in [-0.2, 0) is 6.42 Å². The first kappa shape index (κ1) is 13.6. The fourth-order valence-corrected chi connectivity index (χ4v) is 1.36. The maximum Gasteiger partial charge on any atom is 0.0698 e. The molecule has 0 aliphatic heterocycles. The molecule has 15 heavy (non-hydrogen) atoms. The minimum Gasteiger partial charge on any atom is -0.256 e. The standard InChI is InChI=1S/C12H15N.C2H6/c1-4-7-11-10(5-2)8-9-13-12(11)6-3;1-2/h4,6-9H,3,5H2,1-2H3;1-2H3/b7-4-;. The van der Waals surface area contributed by atoms with Crippen LogP contribution in [0, 0.1) is 0 Å². The van der Waals surface area contributed by atoms with Gasteiger partial charge in [0.05, 0.1) is 5.69 Å². The van der Waals surface area contributed by atoms with E-state index in [4.69, 9.17) is 0 Å². The third-order valence-corrected chi connectivity index (χ3v) is 2.02. The van der Waals surface area contributed by atoms with Crippen molar-refractivity contribution in [1.82, 2.24) is 4.98 Å². The van der Waals surface area contributed by atoms with Crippen LogP contribution in [0.2, 0.25) is 0 Å². The summed E-state index contributed by atoms with van der Waals surface area (Å²) in [5, 5.41) is 0. The van der Waals surface area contributed by atoms with Crippen LogP contribution in [0.4, 0.5) is 0 Å². The minimum absolute atomic E-state index is 0.970. The Hall–Kier alpha value is -1.37. The highest BCUT2D eigenvalue weighted by Crippen LogP contribution is 2.15. The van der Waals surface area contributed by atoms with E-state index in [0.717, 1.165) is 12.1 Å². The zero-order valence-electron chi connectivity index (χ0n) is 10.2. The molecule has 0 atom stereocenters. The van der Waals surface area contributed by atoms with E-state index in [1.54, 1.807) is 6.08 Å². The van der Waals surface area contributed by atoms with E-state index < -0.39 is 0 Å². The first-order valence-corrected chi connectivity index (χ1v) is 5.56. The molecule has 0 spiro atoms. The highest BCUT2D eigenvalue weighted by molar-refractivity contribution is 5.64. The molecule has 1 aromatic heterocycles. The molecule has 0 saturated carbocycles. The first-order valence-electron chi connectivity index (χ1n) is 5.56. The summed E-state index contributed by atoms with van der Waals surface area (Å²) in [6.45, 7) is 11.9. The van der Waals surface area contributed by atoms with E-state index in [-0.39, 0.29) is 0 Å². The van der Waals surface area contributed by atoms with E-state index in [1.807, 2.05) is 33.0 Å². The molecule has 0 bridgehead atoms. The van der Waals surface area contributed by atoms with Gasteiger partial charge in [-0.3, -0.25) is 4.98 Å². The van der Waals surface area contributed by atoms with Crippen molar-refractivity contribution in [3.63, 3.8) is 0 Å². The van der Waals surface area contributed by atoms with Gasteiger partial charge in [0, 0.05) is 11.8 Å². The molecule has 1 heteroatoms. The van der Waals surface area contributed by atoms with Crippen LogP contribution in [0.3, 0.4) is 0 Å². The molecule has 1 nitrogen and oxygen atoms in total. The molecule has 0 saturated heterocycles. The van der Waals surface area contributed by atoms with Crippen LogP contribution < -0.4 is 0 Å². The van der Waals surface area contributed by atoms with Crippen molar-refractivity contribution in [3.05, 3.63) is 41.7 Å². The lowest BCUT2D eigenvalue weighted by molar-refractivity contribution is 1.10. The van der Waals surface area contributed by atoms with Gasteiger partial charge < -0.3 is 0 Å². The van der Waals surface area contributed by atoms with E-state index in [2.05, 4.69) is 30.6 Å². The fourth-order valence-electron chi connectivity index (χ4n) is 1.36. The first-order chi connectivity index (χ1) is 7.33. The summed E-state index contributed by atoms with van der Waals surface area (Å²) in [5.41, 5.74) is 3.49. The molecular weight excluding hydrogens is 182 g/mol. The second-order valence-electron chi connectivity index (χ2n) is 2.83. The van der Waals surface area contributed by atoms with Gasteiger partial charge in [0.2, 0.25) is 0 Å². The van der Waals surface area contributed by atoms with Crippen molar-refractivity contribution in [2.45, 2.75) is 34.1 Å². The molecule has 82 valence electrons. The number of rotatable bonds is 3. The van der Waals surface area contributed by atoms with Crippen molar-refractivity contribution in [2.75, 3.05) is 0 Å². The maximum absolute atomic E-state index is 4.26. The van der Waals surface area contributed by atoms with Crippen molar-refractivity contribution >= 4 is 12.2 Å². The largest absolute Gasteiger partial charge is 0.256 e. The fraction of sp³-hybridized carbons (Fsp3) is 0.357. The average Bonchev–Trinajstić information content (AvgIpc) is 2.32. The van der Waals surface area contributed by atoms with Crippen molar-refractivity contribution in [2.24, 2.45) is 0 Å². The van der Waals surface area contributed by atoms with Gasteiger partial charge in [-0.1, -0.05) is 39.5 Å². The van der Waals surface area contributed by atoms with Gasteiger partial charge in [0.25, 0.3) is 0 Å². The highest BCUT2D eigenvalue weighted by Gasteiger charge is 2.01. The molecule has 0 unspecified atom stereocenters. The molecule has 0 radical (unpaired) electrons. The Kier molecular flexibility index (Phi) is 7.25. The molecule has 0 aliphatic carbocycles. The maximum atomic E-state index is 4.26. The van der Waals surface area contributed by atoms with Crippen LogP contribution >= 0.6 is 0 Å². The summed E-state index contributed by atoms with van der Waals surface area (Å²) in [7, 11) is 0. The quantitative estimate of drug-likeness (QED) is 0.712. The number of nitrogens with zero attached hydrogens (tertiary/aromatic N) is 1. The van der Waals surface area contributed by atoms with Gasteiger partial charge in [-0.25, -0.2) is 0 Å². The molecule has 0 amide bonds. The lowest BCUT2D eigenvalue weighted by Crippen LogP contribution is -1.92. The van der Waals surface area contributed by atoms with Gasteiger partial charge in [0.15, 0.2) is 0 Å². The topological polar surface area (TPSA) is 12.9 Å².